The van der Waals surface area contributed by atoms with Crippen LogP contribution in [0.5, 0.6) is 0 Å². The molecule has 27 heavy (non-hydrogen) atoms. The van der Waals surface area contributed by atoms with Gasteiger partial charge in [0.2, 0.25) is 5.91 Å². The lowest BCUT2D eigenvalue weighted by Gasteiger charge is -2.11. The first-order valence-corrected chi connectivity index (χ1v) is 9.78. The van der Waals surface area contributed by atoms with Gasteiger partial charge >= 0.3 is 6.09 Å². The minimum atomic E-state index is -0.579. The monoisotopic (exact) mass is 401 g/mol. The molecular formula is C19H16ClN3O3S. The number of halogens is 1. The van der Waals surface area contributed by atoms with Gasteiger partial charge in [0.25, 0.3) is 0 Å². The third-order valence-electron chi connectivity index (χ3n) is 4.25. The minimum absolute atomic E-state index is 0.112. The van der Waals surface area contributed by atoms with Gasteiger partial charge < -0.3 is 9.30 Å². The largest absolute Gasteiger partial charge is 0.447 e. The van der Waals surface area contributed by atoms with E-state index in [1.807, 2.05) is 48.5 Å². The average Bonchev–Trinajstić information content (AvgIpc) is 3.24. The molecular weight excluding hydrogens is 386 g/mol. The highest BCUT2D eigenvalue weighted by Crippen LogP contribution is 2.27. The molecule has 0 N–H and O–H groups in total. The number of aromatic nitrogens is 2. The molecule has 2 aromatic carbocycles. The molecule has 8 heteroatoms. The quantitative estimate of drug-likeness (QED) is 0.608. The number of ether oxygens (including phenoxy) is 1. The van der Waals surface area contributed by atoms with Crippen molar-refractivity contribution in [3.8, 4) is 0 Å². The van der Waals surface area contributed by atoms with Gasteiger partial charge in [-0.1, -0.05) is 53.7 Å². The number of benzene rings is 2. The van der Waals surface area contributed by atoms with Crippen molar-refractivity contribution in [2.45, 2.75) is 11.7 Å². The molecule has 4 rings (SSSR count). The number of amides is 2. The van der Waals surface area contributed by atoms with E-state index < -0.39 is 6.09 Å². The van der Waals surface area contributed by atoms with Crippen LogP contribution in [0.2, 0.25) is 5.02 Å². The SMILES string of the molecule is O=C(CSc1nc2cc(Cl)ccc2n1Cc1ccccc1)N1CCOC1=O. The van der Waals surface area contributed by atoms with Crippen LogP contribution in [0, 0.1) is 0 Å². The van der Waals surface area contributed by atoms with Gasteiger partial charge in [-0.25, -0.2) is 14.7 Å². The molecule has 3 aromatic rings. The fraction of sp³-hybridized carbons (Fsp3) is 0.211. The molecule has 0 spiro atoms. The van der Waals surface area contributed by atoms with Crippen molar-refractivity contribution < 1.29 is 14.3 Å². The standard InChI is InChI=1S/C19H16ClN3O3S/c20-14-6-7-16-15(10-14)21-18(23(16)11-13-4-2-1-3-5-13)27-12-17(24)22-8-9-26-19(22)25/h1-7,10H,8-9,11-12H2. The summed E-state index contributed by atoms with van der Waals surface area (Å²) in [6, 6.07) is 15.6. The van der Waals surface area contributed by atoms with Crippen molar-refractivity contribution in [2.24, 2.45) is 0 Å². The Balaban J connectivity index is 1.61. The van der Waals surface area contributed by atoms with Gasteiger partial charge in [0.15, 0.2) is 5.16 Å². The second-order valence-corrected chi connectivity index (χ2v) is 7.43. The van der Waals surface area contributed by atoms with Crippen molar-refractivity contribution >= 4 is 46.4 Å². The van der Waals surface area contributed by atoms with E-state index in [2.05, 4.69) is 9.55 Å². The summed E-state index contributed by atoms with van der Waals surface area (Å²) >= 11 is 7.41. The lowest BCUT2D eigenvalue weighted by molar-refractivity contribution is -0.125. The van der Waals surface area contributed by atoms with Gasteiger partial charge in [0.1, 0.15) is 6.61 Å². The summed E-state index contributed by atoms with van der Waals surface area (Å²) in [4.78, 5) is 29.6. The summed E-state index contributed by atoms with van der Waals surface area (Å²) in [5.74, 6) is -0.167. The second-order valence-electron chi connectivity index (χ2n) is 6.05. The van der Waals surface area contributed by atoms with Crippen LogP contribution in [0.1, 0.15) is 5.56 Å². The maximum absolute atomic E-state index is 12.3. The van der Waals surface area contributed by atoms with Gasteiger partial charge in [-0.15, -0.1) is 0 Å². The highest BCUT2D eigenvalue weighted by molar-refractivity contribution is 7.99. The van der Waals surface area contributed by atoms with Crippen LogP contribution in [0.3, 0.4) is 0 Å². The molecule has 1 saturated heterocycles. The third kappa shape index (κ3) is 3.79. The van der Waals surface area contributed by atoms with Crippen LogP contribution in [0.25, 0.3) is 11.0 Å². The molecule has 0 bridgehead atoms. The first kappa shape index (κ1) is 17.9. The zero-order chi connectivity index (χ0) is 18.8. The minimum Gasteiger partial charge on any atom is -0.447 e. The summed E-state index contributed by atoms with van der Waals surface area (Å²) in [6.45, 7) is 1.18. The molecule has 1 fully saturated rings. The first-order chi connectivity index (χ1) is 13.1. The highest BCUT2D eigenvalue weighted by atomic mass is 35.5. The molecule has 0 unspecified atom stereocenters. The number of nitrogens with zero attached hydrogens (tertiary/aromatic N) is 3. The van der Waals surface area contributed by atoms with E-state index in [0.717, 1.165) is 21.5 Å². The molecule has 2 amide bonds. The number of hydrogen-bond acceptors (Lipinski definition) is 5. The average molecular weight is 402 g/mol. The van der Waals surface area contributed by atoms with Crippen molar-refractivity contribution in [3.63, 3.8) is 0 Å². The summed E-state index contributed by atoms with van der Waals surface area (Å²) < 4.78 is 6.88. The van der Waals surface area contributed by atoms with E-state index >= 15 is 0 Å². The Labute approximate surface area is 165 Å². The molecule has 138 valence electrons. The van der Waals surface area contributed by atoms with Gasteiger partial charge in [-0.2, -0.15) is 0 Å². The summed E-state index contributed by atoms with van der Waals surface area (Å²) in [6.07, 6.45) is -0.579. The third-order valence-corrected chi connectivity index (χ3v) is 5.44. The van der Waals surface area contributed by atoms with Crippen LogP contribution in [-0.4, -0.2) is 45.4 Å². The molecule has 6 nitrogen and oxygen atoms in total. The topological polar surface area (TPSA) is 64.4 Å². The number of imidazole rings is 1. The number of thioether (sulfide) groups is 1. The first-order valence-electron chi connectivity index (χ1n) is 8.41. The Bertz CT molecular complexity index is 1010. The molecule has 1 aromatic heterocycles. The number of rotatable bonds is 5. The number of cyclic esters (lactones) is 1. The van der Waals surface area contributed by atoms with Crippen LogP contribution < -0.4 is 0 Å². The van der Waals surface area contributed by atoms with Crippen LogP contribution in [0.15, 0.2) is 53.7 Å². The lowest BCUT2D eigenvalue weighted by atomic mass is 10.2. The molecule has 2 heterocycles. The number of carbonyl (C=O) groups is 2. The molecule has 0 saturated carbocycles. The number of fused-ring (bicyclic) bond motifs is 1. The van der Waals surface area contributed by atoms with Crippen molar-refractivity contribution in [1.29, 1.82) is 0 Å². The predicted molar refractivity (Wildman–Crippen MR) is 104 cm³/mol. The normalized spacial score (nSPS) is 14.0. The van der Waals surface area contributed by atoms with Gasteiger partial charge in [0.05, 0.1) is 29.9 Å². The number of hydrogen-bond donors (Lipinski definition) is 0. The van der Waals surface area contributed by atoms with E-state index in [4.69, 9.17) is 16.3 Å². The second kappa shape index (κ2) is 7.62. The molecule has 0 aliphatic carbocycles. The fourth-order valence-electron chi connectivity index (χ4n) is 2.93. The van der Waals surface area contributed by atoms with Crippen molar-refractivity contribution in [1.82, 2.24) is 14.5 Å². The molecule has 0 atom stereocenters. The Hall–Kier alpha value is -2.51. The van der Waals surface area contributed by atoms with Gasteiger partial charge in [-0.3, -0.25) is 4.79 Å². The van der Waals surface area contributed by atoms with E-state index in [-0.39, 0.29) is 18.3 Å². The van der Waals surface area contributed by atoms with Crippen LogP contribution in [0.4, 0.5) is 4.79 Å². The molecule has 0 radical (unpaired) electrons. The molecule has 1 aliphatic heterocycles. The van der Waals surface area contributed by atoms with Crippen molar-refractivity contribution in [2.75, 3.05) is 18.9 Å². The Morgan fingerprint density at radius 2 is 2.04 bits per heavy atom. The van der Waals surface area contributed by atoms with E-state index in [0.29, 0.717) is 23.3 Å². The smallest absolute Gasteiger partial charge is 0.416 e. The Morgan fingerprint density at radius 3 is 2.78 bits per heavy atom. The maximum Gasteiger partial charge on any atom is 0.416 e. The highest BCUT2D eigenvalue weighted by Gasteiger charge is 2.28. The molecule has 1 aliphatic rings. The summed E-state index contributed by atoms with van der Waals surface area (Å²) in [5.41, 5.74) is 2.84. The predicted octanol–water partition coefficient (Wildman–Crippen LogP) is 3.81. The van der Waals surface area contributed by atoms with Gasteiger partial charge in [-0.05, 0) is 23.8 Å². The van der Waals surface area contributed by atoms with E-state index in [1.165, 1.54) is 11.8 Å². The zero-order valence-electron chi connectivity index (χ0n) is 14.3. The number of carbonyl (C=O) groups excluding carboxylic acids is 2. The Morgan fingerprint density at radius 1 is 1.22 bits per heavy atom. The summed E-state index contributed by atoms with van der Waals surface area (Å²) in [5, 5.41) is 1.32. The maximum atomic E-state index is 12.3. The zero-order valence-corrected chi connectivity index (χ0v) is 15.9. The van der Waals surface area contributed by atoms with Gasteiger partial charge in [0, 0.05) is 5.02 Å². The lowest BCUT2D eigenvalue weighted by Crippen LogP contribution is -2.33. The fourth-order valence-corrected chi connectivity index (χ4v) is 3.99. The number of imide groups is 1. The van der Waals surface area contributed by atoms with Crippen LogP contribution >= 0.6 is 23.4 Å². The Kier molecular flexibility index (Phi) is 5.05. The van der Waals surface area contributed by atoms with Crippen LogP contribution in [-0.2, 0) is 16.1 Å². The summed E-state index contributed by atoms with van der Waals surface area (Å²) in [7, 11) is 0. The van der Waals surface area contributed by atoms with E-state index in [9.17, 15) is 9.59 Å². The van der Waals surface area contributed by atoms with Crippen molar-refractivity contribution in [3.05, 3.63) is 59.1 Å². The van der Waals surface area contributed by atoms with E-state index in [1.54, 1.807) is 0 Å².